The van der Waals surface area contributed by atoms with Crippen molar-refractivity contribution in [1.82, 2.24) is 5.32 Å². The lowest BCUT2D eigenvalue weighted by atomic mass is 10.1. The Hall–Kier alpha value is -4.58. The predicted octanol–water partition coefficient (Wildman–Crippen LogP) is 5.79. The topological polar surface area (TPSA) is 80.6 Å². The number of furan rings is 1. The lowest BCUT2D eigenvalue weighted by Crippen LogP contribution is -2.31. The highest BCUT2D eigenvalue weighted by atomic mass is 16.5. The van der Waals surface area contributed by atoms with Crippen LogP contribution < -0.4 is 15.4 Å². The van der Waals surface area contributed by atoms with Gasteiger partial charge in [0.05, 0.1) is 6.26 Å². The first-order valence-electron chi connectivity index (χ1n) is 10.3. The number of rotatable bonds is 7. The van der Waals surface area contributed by atoms with E-state index in [1.165, 1.54) is 12.3 Å². The third kappa shape index (κ3) is 5.77. The second kappa shape index (κ2) is 10.2. The van der Waals surface area contributed by atoms with Gasteiger partial charge >= 0.3 is 0 Å². The zero-order valence-corrected chi connectivity index (χ0v) is 17.9. The van der Waals surface area contributed by atoms with Gasteiger partial charge in [0.25, 0.3) is 11.8 Å². The van der Waals surface area contributed by atoms with E-state index in [0.717, 1.165) is 11.3 Å². The normalized spacial score (nSPS) is 11.0. The first-order chi connectivity index (χ1) is 16.1. The van der Waals surface area contributed by atoms with Crippen LogP contribution in [0.25, 0.3) is 6.08 Å². The van der Waals surface area contributed by atoms with Crippen LogP contribution in [0, 0.1) is 6.92 Å². The maximum absolute atomic E-state index is 13.0. The third-order valence-electron chi connectivity index (χ3n) is 4.80. The average molecular weight is 438 g/mol. The fraction of sp³-hybridized carbons (Fsp3) is 0.0370. The number of anilines is 1. The summed E-state index contributed by atoms with van der Waals surface area (Å²) in [5, 5.41) is 5.50. The van der Waals surface area contributed by atoms with Crippen molar-refractivity contribution in [2.24, 2.45) is 0 Å². The molecule has 2 N–H and O–H groups in total. The molecule has 0 spiro atoms. The minimum atomic E-state index is -0.481. The molecule has 0 aliphatic rings. The number of amides is 2. The maximum atomic E-state index is 13.0. The van der Waals surface area contributed by atoms with Crippen LogP contribution in [-0.2, 0) is 4.79 Å². The molecule has 164 valence electrons. The Labute approximate surface area is 191 Å². The Kier molecular flexibility index (Phi) is 6.66. The van der Waals surface area contributed by atoms with Gasteiger partial charge in [-0.05, 0) is 67.1 Å². The number of carbonyl (C=O) groups is 2. The number of carbonyl (C=O) groups excluding carboxylic acids is 2. The van der Waals surface area contributed by atoms with Crippen molar-refractivity contribution in [2.45, 2.75) is 6.92 Å². The highest BCUT2D eigenvalue weighted by molar-refractivity contribution is 6.10. The third-order valence-corrected chi connectivity index (χ3v) is 4.80. The molecular weight excluding hydrogens is 416 g/mol. The van der Waals surface area contributed by atoms with Crippen LogP contribution in [0.2, 0.25) is 0 Å². The fourth-order valence-corrected chi connectivity index (χ4v) is 3.12. The Morgan fingerprint density at radius 2 is 1.52 bits per heavy atom. The molecule has 0 unspecified atom stereocenters. The molecule has 0 atom stereocenters. The molecule has 0 saturated carbocycles. The van der Waals surface area contributed by atoms with Gasteiger partial charge < -0.3 is 19.8 Å². The molecule has 0 aliphatic carbocycles. The number of para-hydroxylation sites is 1. The summed E-state index contributed by atoms with van der Waals surface area (Å²) in [7, 11) is 0. The van der Waals surface area contributed by atoms with Gasteiger partial charge in [-0.25, -0.2) is 0 Å². The molecule has 3 aromatic carbocycles. The second-order valence-electron chi connectivity index (χ2n) is 7.24. The quantitative estimate of drug-likeness (QED) is 0.358. The van der Waals surface area contributed by atoms with Crippen LogP contribution in [-0.4, -0.2) is 11.8 Å². The van der Waals surface area contributed by atoms with Crippen molar-refractivity contribution in [3.8, 4) is 11.5 Å². The molecule has 1 heterocycles. The summed E-state index contributed by atoms with van der Waals surface area (Å²) in [5.41, 5.74) is 1.90. The molecule has 0 aliphatic heterocycles. The highest BCUT2D eigenvalue weighted by Crippen LogP contribution is 2.23. The van der Waals surface area contributed by atoms with E-state index in [2.05, 4.69) is 10.6 Å². The van der Waals surface area contributed by atoms with Gasteiger partial charge in [-0.2, -0.15) is 0 Å². The van der Waals surface area contributed by atoms with E-state index >= 15 is 0 Å². The van der Waals surface area contributed by atoms with Gasteiger partial charge in [-0.1, -0.05) is 36.4 Å². The molecule has 0 saturated heterocycles. The van der Waals surface area contributed by atoms with Gasteiger partial charge in [0.1, 0.15) is 23.0 Å². The van der Waals surface area contributed by atoms with Crippen molar-refractivity contribution in [2.75, 3.05) is 5.32 Å². The summed E-state index contributed by atoms with van der Waals surface area (Å²) >= 11 is 0. The Bertz CT molecular complexity index is 1260. The van der Waals surface area contributed by atoms with Gasteiger partial charge in [0.15, 0.2) is 0 Å². The number of aryl methyl sites for hydroxylation is 1. The van der Waals surface area contributed by atoms with E-state index in [0.29, 0.717) is 22.8 Å². The summed E-state index contributed by atoms with van der Waals surface area (Å²) in [6, 6.07) is 26.9. The minimum Gasteiger partial charge on any atom is -0.465 e. The zero-order chi connectivity index (χ0) is 23.0. The molecule has 6 nitrogen and oxygen atoms in total. The zero-order valence-electron chi connectivity index (χ0n) is 17.9. The monoisotopic (exact) mass is 438 g/mol. The summed E-state index contributed by atoms with van der Waals surface area (Å²) in [6.07, 6.45) is 2.98. The number of hydrogen-bond donors (Lipinski definition) is 2. The van der Waals surface area contributed by atoms with Crippen molar-refractivity contribution in [3.05, 3.63) is 120 Å². The minimum absolute atomic E-state index is 0.0582. The number of nitrogens with one attached hydrogen (secondary N) is 2. The first kappa shape index (κ1) is 21.6. The van der Waals surface area contributed by atoms with Crippen molar-refractivity contribution in [1.29, 1.82) is 0 Å². The van der Waals surface area contributed by atoms with E-state index in [4.69, 9.17) is 9.15 Å². The van der Waals surface area contributed by atoms with E-state index in [1.54, 1.807) is 48.5 Å². The first-order valence-corrected chi connectivity index (χ1v) is 10.3. The van der Waals surface area contributed by atoms with Gasteiger partial charge in [-0.3, -0.25) is 9.59 Å². The maximum Gasteiger partial charge on any atom is 0.272 e. The fourth-order valence-electron chi connectivity index (χ4n) is 3.12. The Morgan fingerprint density at radius 1 is 0.818 bits per heavy atom. The number of benzene rings is 3. The van der Waals surface area contributed by atoms with Crippen LogP contribution in [0.3, 0.4) is 0 Å². The SMILES string of the molecule is Cc1ccccc1C(=O)N/C(=C\c1ccco1)C(=O)Nc1ccc(Oc2ccccc2)cc1. The lowest BCUT2D eigenvalue weighted by Gasteiger charge is -2.12. The highest BCUT2D eigenvalue weighted by Gasteiger charge is 2.17. The second-order valence-corrected chi connectivity index (χ2v) is 7.24. The molecule has 4 rings (SSSR count). The standard InChI is InChI=1S/C27H22N2O4/c1-19-8-5-6-12-24(19)26(30)29-25(18-23-11-7-17-32-23)27(31)28-20-13-15-22(16-14-20)33-21-9-3-2-4-10-21/h2-18H,1H3,(H,28,31)(H,29,30)/b25-18-. The van der Waals surface area contributed by atoms with Gasteiger partial charge in [0.2, 0.25) is 0 Å². The molecule has 4 aromatic rings. The van der Waals surface area contributed by atoms with E-state index < -0.39 is 5.91 Å². The lowest BCUT2D eigenvalue weighted by molar-refractivity contribution is -0.113. The van der Waals surface area contributed by atoms with Crippen LogP contribution in [0.15, 0.2) is 107 Å². The molecule has 0 fully saturated rings. The summed E-state index contributed by atoms with van der Waals surface area (Å²) < 4.78 is 11.1. The number of hydrogen-bond acceptors (Lipinski definition) is 4. The van der Waals surface area contributed by atoms with Crippen LogP contribution in [0.1, 0.15) is 21.7 Å². The molecule has 0 radical (unpaired) electrons. The molecular formula is C27H22N2O4. The van der Waals surface area contributed by atoms with E-state index in [9.17, 15) is 9.59 Å². The molecule has 6 heteroatoms. The van der Waals surface area contributed by atoms with E-state index in [1.807, 2.05) is 49.4 Å². The smallest absolute Gasteiger partial charge is 0.272 e. The van der Waals surface area contributed by atoms with E-state index in [-0.39, 0.29) is 11.6 Å². The molecule has 2 amide bonds. The molecule has 0 bridgehead atoms. The van der Waals surface area contributed by atoms with Crippen LogP contribution in [0.5, 0.6) is 11.5 Å². The summed E-state index contributed by atoms with van der Waals surface area (Å²) in [6.45, 7) is 1.84. The Morgan fingerprint density at radius 3 is 2.21 bits per heavy atom. The summed E-state index contributed by atoms with van der Waals surface area (Å²) in [4.78, 5) is 25.8. The predicted molar refractivity (Wildman–Crippen MR) is 127 cm³/mol. The summed E-state index contributed by atoms with van der Waals surface area (Å²) in [5.74, 6) is 0.935. The van der Waals surface area contributed by atoms with Crippen LogP contribution >= 0.6 is 0 Å². The molecule has 1 aromatic heterocycles. The Balaban J connectivity index is 1.49. The van der Waals surface area contributed by atoms with Crippen molar-refractivity contribution >= 4 is 23.6 Å². The largest absolute Gasteiger partial charge is 0.465 e. The van der Waals surface area contributed by atoms with Gasteiger partial charge in [0, 0.05) is 17.3 Å². The van der Waals surface area contributed by atoms with Crippen molar-refractivity contribution < 1.29 is 18.7 Å². The van der Waals surface area contributed by atoms with Crippen molar-refractivity contribution in [3.63, 3.8) is 0 Å². The average Bonchev–Trinajstić information content (AvgIpc) is 3.34. The van der Waals surface area contributed by atoms with Gasteiger partial charge in [-0.15, -0.1) is 0 Å². The number of ether oxygens (including phenoxy) is 1. The molecule has 33 heavy (non-hydrogen) atoms. The van der Waals surface area contributed by atoms with Crippen LogP contribution in [0.4, 0.5) is 5.69 Å².